The molecule has 0 saturated carbocycles. The molecule has 2 heteroatoms. The molecule has 0 spiro atoms. The molecule has 1 N–H and O–H groups in total. The number of carboxylic acid groups (broad SMARTS) is 1. The monoisotopic (exact) mass is 348 g/mol. The van der Waals surface area contributed by atoms with E-state index >= 15 is 0 Å². The SMILES string of the molecule is Cc1cc2c(cc1-c1ccc(/C=C/C(=O)O)cc1)C(C)(C)CCC2(C)C. The van der Waals surface area contributed by atoms with Crippen molar-refractivity contribution in [3.63, 3.8) is 0 Å². The van der Waals surface area contributed by atoms with Crippen LogP contribution >= 0.6 is 0 Å². The van der Waals surface area contributed by atoms with Gasteiger partial charge in [-0.15, -0.1) is 0 Å². The average Bonchev–Trinajstić information content (AvgIpc) is 2.57. The van der Waals surface area contributed by atoms with Gasteiger partial charge in [-0.05, 0) is 70.1 Å². The number of carboxylic acids is 1. The Morgan fingerprint density at radius 3 is 2.04 bits per heavy atom. The highest BCUT2D eigenvalue weighted by molar-refractivity contribution is 5.85. The van der Waals surface area contributed by atoms with Crippen molar-refractivity contribution in [2.75, 3.05) is 0 Å². The Balaban J connectivity index is 2.06. The second-order valence-electron chi connectivity index (χ2n) is 8.77. The van der Waals surface area contributed by atoms with E-state index in [4.69, 9.17) is 5.11 Å². The topological polar surface area (TPSA) is 37.3 Å². The summed E-state index contributed by atoms with van der Waals surface area (Å²) in [6, 6.07) is 12.9. The van der Waals surface area contributed by atoms with Gasteiger partial charge in [-0.25, -0.2) is 4.79 Å². The van der Waals surface area contributed by atoms with Crippen LogP contribution in [0.5, 0.6) is 0 Å². The summed E-state index contributed by atoms with van der Waals surface area (Å²) in [6.07, 6.45) is 5.21. The molecule has 3 rings (SSSR count). The van der Waals surface area contributed by atoms with E-state index in [9.17, 15) is 4.79 Å². The van der Waals surface area contributed by atoms with E-state index in [1.807, 2.05) is 12.1 Å². The van der Waals surface area contributed by atoms with Crippen LogP contribution in [0, 0.1) is 6.92 Å². The van der Waals surface area contributed by atoms with Crippen molar-refractivity contribution >= 4 is 12.0 Å². The molecule has 0 amide bonds. The summed E-state index contributed by atoms with van der Waals surface area (Å²) in [5.74, 6) is -0.926. The predicted molar refractivity (Wildman–Crippen MR) is 109 cm³/mol. The fourth-order valence-electron chi connectivity index (χ4n) is 3.97. The normalized spacial score (nSPS) is 17.9. The van der Waals surface area contributed by atoms with Crippen LogP contribution < -0.4 is 0 Å². The number of carbonyl (C=O) groups is 1. The zero-order valence-electron chi connectivity index (χ0n) is 16.4. The quantitative estimate of drug-likeness (QED) is 0.680. The first-order valence-corrected chi connectivity index (χ1v) is 9.27. The molecule has 0 heterocycles. The number of benzene rings is 2. The molecule has 26 heavy (non-hydrogen) atoms. The van der Waals surface area contributed by atoms with Crippen molar-refractivity contribution in [2.45, 2.75) is 58.3 Å². The Morgan fingerprint density at radius 2 is 1.50 bits per heavy atom. The van der Waals surface area contributed by atoms with Crippen LogP contribution in [0.1, 0.15) is 62.8 Å². The maximum absolute atomic E-state index is 10.7. The fourth-order valence-corrected chi connectivity index (χ4v) is 3.97. The molecule has 2 aromatic carbocycles. The Bertz CT molecular complexity index is 868. The third-order valence-electron chi connectivity index (χ3n) is 5.84. The minimum atomic E-state index is -0.926. The summed E-state index contributed by atoms with van der Waals surface area (Å²) in [4.78, 5) is 10.7. The summed E-state index contributed by atoms with van der Waals surface area (Å²) in [5.41, 5.74) is 7.99. The van der Waals surface area contributed by atoms with Crippen LogP contribution in [0.2, 0.25) is 0 Å². The van der Waals surface area contributed by atoms with E-state index in [2.05, 4.69) is 58.9 Å². The highest BCUT2D eigenvalue weighted by Crippen LogP contribution is 2.47. The molecule has 2 nitrogen and oxygen atoms in total. The molecule has 0 aliphatic heterocycles. The van der Waals surface area contributed by atoms with Crippen molar-refractivity contribution in [2.24, 2.45) is 0 Å². The standard InChI is InChI=1S/C24H28O2/c1-16-14-20-21(24(4,5)13-12-23(20,2)3)15-19(16)18-9-6-17(7-10-18)8-11-22(25)26/h6-11,14-15H,12-13H2,1-5H3,(H,25,26)/b11-8+. The van der Waals surface area contributed by atoms with E-state index in [0.717, 1.165) is 5.56 Å². The average molecular weight is 348 g/mol. The van der Waals surface area contributed by atoms with Crippen LogP contribution in [0.15, 0.2) is 42.5 Å². The molecule has 2 aromatic rings. The lowest BCUT2D eigenvalue weighted by Crippen LogP contribution is -2.34. The minimum absolute atomic E-state index is 0.192. The van der Waals surface area contributed by atoms with Crippen molar-refractivity contribution in [3.8, 4) is 11.1 Å². The molecule has 0 fully saturated rings. The van der Waals surface area contributed by atoms with Crippen LogP contribution in [0.4, 0.5) is 0 Å². The van der Waals surface area contributed by atoms with Crippen molar-refractivity contribution in [1.82, 2.24) is 0 Å². The summed E-state index contributed by atoms with van der Waals surface area (Å²) in [5, 5.41) is 8.76. The van der Waals surface area contributed by atoms with Gasteiger partial charge in [0.05, 0.1) is 0 Å². The van der Waals surface area contributed by atoms with Gasteiger partial charge in [0.2, 0.25) is 0 Å². The molecule has 1 aliphatic rings. The Labute approximate surface area is 156 Å². The van der Waals surface area contributed by atoms with Gasteiger partial charge in [0, 0.05) is 6.08 Å². The third-order valence-corrected chi connectivity index (χ3v) is 5.84. The first-order chi connectivity index (χ1) is 12.1. The zero-order chi connectivity index (χ0) is 19.1. The highest BCUT2D eigenvalue weighted by atomic mass is 16.4. The number of hydrogen-bond donors (Lipinski definition) is 1. The number of aliphatic carboxylic acids is 1. The van der Waals surface area contributed by atoms with Crippen LogP contribution in [-0.2, 0) is 15.6 Å². The number of hydrogen-bond acceptors (Lipinski definition) is 1. The lowest BCUT2D eigenvalue weighted by atomic mass is 9.62. The van der Waals surface area contributed by atoms with Crippen LogP contribution in [0.3, 0.4) is 0 Å². The maximum atomic E-state index is 10.7. The fraction of sp³-hybridized carbons (Fsp3) is 0.375. The van der Waals surface area contributed by atoms with E-state index in [1.54, 1.807) is 6.08 Å². The number of fused-ring (bicyclic) bond motifs is 1. The Kier molecular flexibility index (Phi) is 4.56. The summed E-state index contributed by atoms with van der Waals surface area (Å²) < 4.78 is 0. The van der Waals surface area contributed by atoms with Gasteiger partial charge in [0.15, 0.2) is 0 Å². The Morgan fingerprint density at radius 1 is 0.962 bits per heavy atom. The van der Waals surface area contributed by atoms with E-state index < -0.39 is 5.97 Å². The number of aryl methyl sites for hydroxylation is 1. The van der Waals surface area contributed by atoms with E-state index in [0.29, 0.717) is 0 Å². The molecule has 0 bridgehead atoms. The van der Waals surface area contributed by atoms with E-state index in [1.165, 1.54) is 46.7 Å². The highest BCUT2D eigenvalue weighted by Gasteiger charge is 2.37. The molecule has 0 saturated heterocycles. The second-order valence-corrected chi connectivity index (χ2v) is 8.77. The van der Waals surface area contributed by atoms with Crippen LogP contribution in [-0.4, -0.2) is 11.1 Å². The largest absolute Gasteiger partial charge is 0.478 e. The van der Waals surface area contributed by atoms with Gasteiger partial charge >= 0.3 is 5.97 Å². The molecule has 136 valence electrons. The van der Waals surface area contributed by atoms with Gasteiger partial charge in [-0.3, -0.25) is 0 Å². The first kappa shape index (κ1) is 18.4. The smallest absolute Gasteiger partial charge is 0.328 e. The van der Waals surface area contributed by atoms with Crippen LogP contribution in [0.25, 0.3) is 17.2 Å². The van der Waals surface area contributed by atoms with Gasteiger partial charge in [-0.1, -0.05) is 64.1 Å². The molecule has 0 radical (unpaired) electrons. The van der Waals surface area contributed by atoms with E-state index in [-0.39, 0.29) is 10.8 Å². The molecule has 1 aliphatic carbocycles. The summed E-state index contributed by atoms with van der Waals surface area (Å²) >= 11 is 0. The minimum Gasteiger partial charge on any atom is -0.478 e. The predicted octanol–water partition coefficient (Wildman–Crippen LogP) is 6.11. The van der Waals surface area contributed by atoms with Crippen molar-refractivity contribution < 1.29 is 9.90 Å². The number of rotatable bonds is 3. The molecule has 0 aromatic heterocycles. The zero-order valence-corrected chi connectivity index (χ0v) is 16.4. The molecular weight excluding hydrogens is 320 g/mol. The summed E-state index contributed by atoms with van der Waals surface area (Å²) in [7, 11) is 0. The summed E-state index contributed by atoms with van der Waals surface area (Å²) in [6.45, 7) is 11.6. The molecule has 0 unspecified atom stereocenters. The van der Waals surface area contributed by atoms with Gasteiger partial charge in [0.25, 0.3) is 0 Å². The van der Waals surface area contributed by atoms with Gasteiger partial charge in [-0.2, -0.15) is 0 Å². The van der Waals surface area contributed by atoms with Crippen molar-refractivity contribution in [1.29, 1.82) is 0 Å². The lowest BCUT2D eigenvalue weighted by molar-refractivity contribution is -0.131. The second kappa shape index (κ2) is 6.42. The Hall–Kier alpha value is -2.35. The first-order valence-electron chi connectivity index (χ1n) is 9.27. The lowest BCUT2D eigenvalue weighted by Gasteiger charge is -2.42. The van der Waals surface area contributed by atoms with Crippen molar-refractivity contribution in [3.05, 3.63) is 64.7 Å². The maximum Gasteiger partial charge on any atom is 0.328 e. The van der Waals surface area contributed by atoms with Gasteiger partial charge in [0.1, 0.15) is 0 Å². The molecule has 0 atom stereocenters. The molecular formula is C24H28O2. The third kappa shape index (κ3) is 3.46. The van der Waals surface area contributed by atoms with Gasteiger partial charge < -0.3 is 5.11 Å².